The largest absolute Gasteiger partial charge is 0.240 e. The van der Waals surface area contributed by atoms with Crippen molar-refractivity contribution in [3.63, 3.8) is 0 Å². The fourth-order valence-corrected chi connectivity index (χ4v) is 5.88. The van der Waals surface area contributed by atoms with Gasteiger partial charge in [-0.2, -0.15) is 0 Å². The summed E-state index contributed by atoms with van der Waals surface area (Å²) in [5.41, 5.74) is 8.35. The zero-order valence-electron chi connectivity index (χ0n) is 19.1. The van der Waals surface area contributed by atoms with Crippen LogP contribution in [0.25, 0.3) is 5.57 Å². The van der Waals surface area contributed by atoms with Gasteiger partial charge in [-0.05, 0) is 58.9 Å². The second-order valence-electron chi connectivity index (χ2n) is 8.66. The molecule has 1 N–H and O–H groups in total. The Hall–Kier alpha value is -3.47. The molecule has 0 radical (unpaired) electrons. The van der Waals surface area contributed by atoms with E-state index in [0.29, 0.717) is 17.9 Å². The summed E-state index contributed by atoms with van der Waals surface area (Å²) in [6.07, 6.45) is 0.615. The van der Waals surface area contributed by atoms with Crippen LogP contribution in [-0.2, 0) is 10.0 Å². The van der Waals surface area contributed by atoms with Crippen LogP contribution in [0.15, 0.2) is 120 Å². The van der Waals surface area contributed by atoms with Gasteiger partial charge in [0.1, 0.15) is 0 Å². The SMILES string of the molecule is Cc1ccc(S(=O)(=O)NCCC2=C(c3ccccc3)c3ccccc3C2c2ccccc2)cc1. The lowest BCUT2D eigenvalue weighted by atomic mass is 9.86. The third-order valence-electron chi connectivity index (χ3n) is 6.42. The van der Waals surface area contributed by atoms with E-state index in [0.717, 1.165) is 11.1 Å². The van der Waals surface area contributed by atoms with Crippen LogP contribution in [-0.4, -0.2) is 15.0 Å². The van der Waals surface area contributed by atoms with Crippen LogP contribution in [0.4, 0.5) is 0 Å². The lowest BCUT2D eigenvalue weighted by Gasteiger charge is -2.18. The molecule has 0 amide bonds. The van der Waals surface area contributed by atoms with Crippen LogP contribution in [0.5, 0.6) is 0 Å². The Balaban J connectivity index is 1.53. The topological polar surface area (TPSA) is 46.2 Å². The van der Waals surface area contributed by atoms with E-state index in [9.17, 15) is 8.42 Å². The van der Waals surface area contributed by atoms with Crippen molar-refractivity contribution in [1.82, 2.24) is 4.72 Å². The number of rotatable bonds is 7. The van der Waals surface area contributed by atoms with E-state index in [2.05, 4.69) is 77.5 Å². The molecule has 0 saturated carbocycles. The minimum absolute atomic E-state index is 0.0940. The van der Waals surface area contributed by atoms with Crippen LogP contribution in [0.2, 0.25) is 0 Å². The molecular formula is C30H27NO2S. The molecule has 1 unspecified atom stereocenters. The summed E-state index contributed by atoms with van der Waals surface area (Å²) >= 11 is 0. The molecule has 170 valence electrons. The highest BCUT2D eigenvalue weighted by Crippen LogP contribution is 2.49. The van der Waals surface area contributed by atoms with Crippen molar-refractivity contribution >= 4 is 15.6 Å². The van der Waals surface area contributed by atoms with Gasteiger partial charge in [0.15, 0.2) is 0 Å². The Labute approximate surface area is 201 Å². The molecule has 4 heteroatoms. The lowest BCUT2D eigenvalue weighted by molar-refractivity contribution is 0.581. The van der Waals surface area contributed by atoms with Crippen LogP contribution >= 0.6 is 0 Å². The third kappa shape index (κ3) is 4.35. The molecule has 0 spiro atoms. The first-order valence-electron chi connectivity index (χ1n) is 11.5. The first-order chi connectivity index (χ1) is 16.5. The fraction of sp³-hybridized carbons (Fsp3) is 0.133. The summed E-state index contributed by atoms with van der Waals surface area (Å²) in [6.45, 7) is 2.28. The maximum absolute atomic E-state index is 12.9. The number of hydrogen-bond donors (Lipinski definition) is 1. The predicted octanol–water partition coefficient (Wildman–Crippen LogP) is 6.31. The van der Waals surface area contributed by atoms with E-state index < -0.39 is 10.0 Å². The van der Waals surface area contributed by atoms with Crippen molar-refractivity contribution < 1.29 is 8.42 Å². The van der Waals surface area contributed by atoms with Crippen molar-refractivity contribution in [1.29, 1.82) is 0 Å². The Morgan fingerprint density at radius 2 is 1.35 bits per heavy atom. The number of sulfonamides is 1. The van der Waals surface area contributed by atoms with Crippen molar-refractivity contribution in [2.45, 2.75) is 24.2 Å². The highest BCUT2D eigenvalue weighted by atomic mass is 32.2. The smallest absolute Gasteiger partial charge is 0.211 e. The molecule has 0 aromatic heterocycles. The fourth-order valence-electron chi connectivity index (χ4n) is 4.84. The minimum Gasteiger partial charge on any atom is -0.211 e. The van der Waals surface area contributed by atoms with Crippen LogP contribution in [0, 0.1) is 6.92 Å². The molecule has 0 fully saturated rings. The van der Waals surface area contributed by atoms with Crippen molar-refractivity contribution in [2.75, 3.05) is 6.54 Å². The predicted molar refractivity (Wildman–Crippen MR) is 138 cm³/mol. The van der Waals surface area contributed by atoms with Gasteiger partial charge < -0.3 is 0 Å². The van der Waals surface area contributed by atoms with E-state index in [4.69, 9.17) is 0 Å². The number of aryl methyl sites for hydroxylation is 1. The van der Waals surface area contributed by atoms with Crippen molar-refractivity contribution in [3.8, 4) is 0 Å². The average molecular weight is 466 g/mol. The molecule has 4 aromatic carbocycles. The molecule has 0 heterocycles. The van der Waals surface area contributed by atoms with Gasteiger partial charge in [0, 0.05) is 12.5 Å². The summed E-state index contributed by atoms with van der Waals surface area (Å²) < 4.78 is 28.7. The van der Waals surface area contributed by atoms with Gasteiger partial charge in [0.05, 0.1) is 4.90 Å². The molecule has 1 atom stereocenters. The molecular weight excluding hydrogens is 438 g/mol. The van der Waals surface area contributed by atoms with E-state index in [1.54, 1.807) is 12.1 Å². The molecule has 0 saturated heterocycles. The molecule has 1 aliphatic rings. The number of hydrogen-bond acceptors (Lipinski definition) is 2. The summed E-state index contributed by atoms with van der Waals surface area (Å²) in [4.78, 5) is 0.296. The number of benzene rings is 4. The van der Waals surface area contributed by atoms with Gasteiger partial charge in [-0.1, -0.05) is 103 Å². The zero-order valence-corrected chi connectivity index (χ0v) is 19.9. The highest BCUT2D eigenvalue weighted by Gasteiger charge is 2.32. The molecule has 0 bridgehead atoms. The molecule has 5 rings (SSSR count). The van der Waals surface area contributed by atoms with Crippen LogP contribution in [0.3, 0.4) is 0 Å². The van der Waals surface area contributed by atoms with Crippen molar-refractivity contribution in [2.24, 2.45) is 0 Å². The van der Waals surface area contributed by atoms with Gasteiger partial charge in [-0.25, -0.2) is 13.1 Å². The zero-order chi connectivity index (χ0) is 23.5. The van der Waals surface area contributed by atoms with Gasteiger partial charge in [0.2, 0.25) is 10.0 Å². The molecule has 3 nitrogen and oxygen atoms in total. The summed E-state index contributed by atoms with van der Waals surface area (Å²) in [6, 6.07) is 36.4. The van der Waals surface area contributed by atoms with E-state index in [1.165, 1.54) is 27.8 Å². The first kappa shape index (κ1) is 22.3. The molecule has 1 aliphatic carbocycles. The second-order valence-corrected chi connectivity index (χ2v) is 10.4. The van der Waals surface area contributed by atoms with Crippen LogP contribution in [0.1, 0.15) is 40.2 Å². The van der Waals surface area contributed by atoms with E-state index in [1.807, 2.05) is 31.2 Å². The Morgan fingerprint density at radius 3 is 2.06 bits per heavy atom. The van der Waals surface area contributed by atoms with Crippen molar-refractivity contribution in [3.05, 3.63) is 143 Å². The number of fused-ring (bicyclic) bond motifs is 1. The Bertz CT molecular complexity index is 1420. The van der Waals surface area contributed by atoms with Gasteiger partial charge >= 0.3 is 0 Å². The Morgan fingerprint density at radius 1 is 0.735 bits per heavy atom. The number of nitrogens with one attached hydrogen (secondary N) is 1. The normalized spacial score (nSPS) is 15.4. The lowest BCUT2D eigenvalue weighted by Crippen LogP contribution is -2.25. The third-order valence-corrected chi connectivity index (χ3v) is 7.90. The van der Waals surface area contributed by atoms with Gasteiger partial charge in [0.25, 0.3) is 0 Å². The molecule has 34 heavy (non-hydrogen) atoms. The summed E-state index contributed by atoms with van der Waals surface area (Å²) in [7, 11) is -3.57. The summed E-state index contributed by atoms with van der Waals surface area (Å²) in [5.74, 6) is 0.0940. The first-order valence-corrected chi connectivity index (χ1v) is 13.0. The van der Waals surface area contributed by atoms with Gasteiger partial charge in [-0.3, -0.25) is 0 Å². The second kappa shape index (κ2) is 9.41. The summed E-state index contributed by atoms with van der Waals surface area (Å²) in [5, 5.41) is 0. The van der Waals surface area contributed by atoms with E-state index in [-0.39, 0.29) is 5.92 Å². The van der Waals surface area contributed by atoms with E-state index >= 15 is 0 Å². The molecule has 4 aromatic rings. The average Bonchev–Trinajstić information content (AvgIpc) is 3.19. The minimum atomic E-state index is -3.57. The van der Waals surface area contributed by atoms with Crippen LogP contribution < -0.4 is 4.72 Å². The molecule has 0 aliphatic heterocycles. The highest BCUT2D eigenvalue weighted by molar-refractivity contribution is 7.89. The quantitative estimate of drug-likeness (QED) is 0.348. The van der Waals surface area contributed by atoms with Gasteiger partial charge in [-0.15, -0.1) is 0 Å². The standard InChI is InChI=1S/C30H27NO2S/c1-22-16-18-25(19-17-22)34(32,33)31-21-20-28-29(23-10-4-2-5-11-23)26-14-8-9-15-27(26)30(28)24-12-6-3-7-13-24/h2-19,29,31H,20-21H2,1H3. The Kier molecular flexibility index (Phi) is 6.18. The monoisotopic (exact) mass is 465 g/mol. The maximum Gasteiger partial charge on any atom is 0.240 e. The maximum atomic E-state index is 12.9.